The van der Waals surface area contributed by atoms with Crippen molar-refractivity contribution in [3.05, 3.63) is 53.6 Å². The highest BCUT2D eigenvalue weighted by Crippen LogP contribution is 2.25. The molecule has 2 aromatic rings. The standard InChI is InChI=1S/C20H27N3O3S/c1-14(2)13-21-20(24)18-12-16(8-11-19(18)23(4)5)22-27(25,26)17-9-6-15(3)7-10-17/h6-12,14,22H,13H2,1-5H3,(H,21,24). The second-order valence-corrected chi connectivity index (χ2v) is 8.83. The van der Waals surface area contributed by atoms with Gasteiger partial charge in [-0.05, 0) is 43.2 Å². The second-order valence-electron chi connectivity index (χ2n) is 7.15. The Morgan fingerprint density at radius 2 is 1.70 bits per heavy atom. The van der Waals surface area contributed by atoms with Crippen LogP contribution in [0.2, 0.25) is 0 Å². The summed E-state index contributed by atoms with van der Waals surface area (Å²) in [7, 11) is -0.0507. The average Bonchev–Trinajstić information content (AvgIpc) is 2.59. The largest absolute Gasteiger partial charge is 0.377 e. The van der Waals surface area contributed by atoms with E-state index in [9.17, 15) is 13.2 Å². The molecule has 0 radical (unpaired) electrons. The lowest BCUT2D eigenvalue weighted by atomic mass is 10.1. The molecule has 2 aromatic carbocycles. The number of rotatable bonds is 7. The summed E-state index contributed by atoms with van der Waals surface area (Å²) in [6.07, 6.45) is 0. The third-order valence-electron chi connectivity index (χ3n) is 3.98. The molecular formula is C20H27N3O3S. The van der Waals surface area contributed by atoms with Crippen molar-refractivity contribution in [2.75, 3.05) is 30.3 Å². The van der Waals surface area contributed by atoms with E-state index in [-0.39, 0.29) is 10.8 Å². The van der Waals surface area contributed by atoms with Gasteiger partial charge in [0.05, 0.1) is 10.5 Å². The molecule has 0 aromatic heterocycles. The lowest BCUT2D eigenvalue weighted by Crippen LogP contribution is -2.29. The van der Waals surface area contributed by atoms with Gasteiger partial charge in [-0.25, -0.2) is 8.42 Å². The molecule has 0 saturated heterocycles. The number of sulfonamides is 1. The Hall–Kier alpha value is -2.54. The van der Waals surface area contributed by atoms with Crippen LogP contribution in [0.4, 0.5) is 11.4 Å². The summed E-state index contributed by atoms with van der Waals surface area (Å²) in [5, 5.41) is 2.88. The van der Waals surface area contributed by atoms with Crippen LogP contribution in [0.25, 0.3) is 0 Å². The fraction of sp³-hybridized carbons (Fsp3) is 0.350. The smallest absolute Gasteiger partial charge is 0.261 e. The Kier molecular flexibility index (Phi) is 6.49. The molecule has 27 heavy (non-hydrogen) atoms. The number of carbonyl (C=O) groups is 1. The third kappa shape index (κ3) is 5.47. The van der Waals surface area contributed by atoms with Gasteiger partial charge in [0, 0.05) is 32.0 Å². The number of hydrogen-bond donors (Lipinski definition) is 2. The van der Waals surface area contributed by atoms with Gasteiger partial charge >= 0.3 is 0 Å². The number of nitrogens with zero attached hydrogens (tertiary/aromatic N) is 1. The number of nitrogens with one attached hydrogen (secondary N) is 2. The summed E-state index contributed by atoms with van der Waals surface area (Å²) >= 11 is 0. The van der Waals surface area contributed by atoms with Crippen molar-refractivity contribution in [1.29, 1.82) is 0 Å². The normalized spacial score (nSPS) is 11.3. The molecule has 0 aliphatic rings. The van der Waals surface area contributed by atoms with Gasteiger partial charge in [-0.2, -0.15) is 0 Å². The molecule has 0 unspecified atom stereocenters. The number of amides is 1. The fourth-order valence-corrected chi connectivity index (χ4v) is 3.54. The van der Waals surface area contributed by atoms with Crippen molar-refractivity contribution in [1.82, 2.24) is 5.32 Å². The predicted octanol–water partition coefficient (Wildman–Crippen LogP) is 3.25. The minimum absolute atomic E-state index is 0.176. The topological polar surface area (TPSA) is 78.5 Å². The van der Waals surface area contributed by atoms with Gasteiger partial charge in [-0.15, -0.1) is 0 Å². The quantitative estimate of drug-likeness (QED) is 0.762. The Labute approximate surface area is 161 Å². The number of aryl methyl sites for hydroxylation is 1. The summed E-state index contributed by atoms with van der Waals surface area (Å²) in [5.74, 6) is 0.0868. The van der Waals surface area contributed by atoms with E-state index in [0.717, 1.165) is 11.3 Å². The van der Waals surface area contributed by atoms with E-state index in [1.807, 2.05) is 39.8 Å². The fourth-order valence-electron chi connectivity index (χ4n) is 2.49. The molecule has 2 N–H and O–H groups in total. The van der Waals surface area contributed by atoms with E-state index in [1.165, 1.54) is 0 Å². The Morgan fingerprint density at radius 1 is 1.07 bits per heavy atom. The van der Waals surface area contributed by atoms with Crippen molar-refractivity contribution >= 4 is 27.3 Å². The van der Waals surface area contributed by atoms with Crippen LogP contribution in [0, 0.1) is 12.8 Å². The van der Waals surface area contributed by atoms with Gasteiger partial charge in [0.2, 0.25) is 0 Å². The zero-order valence-electron chi connectivity index (χ0n) is 16.4. The molecule has 7 heteroatoms. The van der Waals surface area contributed by atoms with E-state index < -0.39 is 10.0 Å². The first-order valence-corrected chi connectivity index (χ1v) is 10.3. The summed E-state index contributed by atoms with van der Waals surface area (Å²) in [6, 6.07) is 11.6. The van der Waals surface area contributed by atoms with Gasteiger partial charge in [-0.1, -0.05) is 31.5 Å². The molecule has 146 valence electrons. The van der Waals surface area contributed by atoms with Crippen LogP contribution in [0.5, 0.6) is 0 Å². The van der Waals surface area contributed by atoms with Crippen LogP contribution in [-0.2, 0) is 10.0 Å². The zero-order valence-corrected chi connectivity index (χ0v) is 17.2. The first-order chi connectivity index (χ1) is 12.6. The summed E-state index contributed by atoms with van der Waals surface area (Å²) in [4.78, 5) is 14.6. The van der Waals surface area contributed by atoms with E-state index in [1.54, 1.807) is 42.5 Å². The van der Waals surface area contributed by atoms with Crippen molar-refractivity contribution < 1.29 is 13.2 Å². The van der Waals surface area contributed by atoms with E-state index in [0.29, 0.717) is 23.7 Å². The van der Waals surface area contributed by atoms with Gasteiger partial charge in [0.1, 0.15) is 0 Å². The van der Waals surface area contributed by atoms with Crippen molar-refractivity contribution in [3.8, 4) is 0 Å². The van der Waals surface area contributed by atoms with Gasteiger partial charge < -0.3 is 10.2 Å². The van der Waals surface area contributed by atoms with Crippen LogP contribution in [-0.4, -0.2) is 35.0 Å². The van der Waals surface area contributed by atoms with Crippen LogP contribution >= 0.6 is 0 Å². The lowest BCUT2D eigenvalue weighted by Gasteiger charge is -2.19. The molecular weight excluding hydrogens is 362 g/mol. The molecule has 0 heterocycles. The summed E-state index contributed by atoms with van der Waals surface area (Å²) in [6.45, 7) is 6.47. The lowest BCUT2D eigenvalue weighted by molar-refractivity contribution is 0.0949. The molecule has 0 bridgehead atoms. The van der Waals surface area contributed by atoms with E-state index in [4.69, 9.17) is 0 Å². The minimum atomic E-state index is -3.73. The zero-order chi connectivity index (χ0) is 20.2. The molecule has 0 fully saturated rings. The van der Waals surface area contributed by atoms with Crippen LogP contribution in [0.15, 0.2) is 47.4 Å². The highest BCUT2D eigenvalue weighted by molar-refractivity contribution is 7.92. The summed E-state index contributed by atoms with van der Waals surface area (Å²) < 4.78 is 27.8. The third-order valence-corrected chi connectivity index (χ3v) is 5.37. The maximum absolute atomic E-state index is 12.6. The summed E-state index contributed by atoms with van der Waals surface area (Å²) in [5.41, 5.74) is 2.46. The predicted molar refractivity (Wildman–Crippen MR) is 110 cm³/mol. The highest BCUT2D eigenvalue weighted by Gasteiger charge is 2.18. The maximum atomic E-state index is 12.6. The van der Waals surface area contributed by atoms with Crippen LogP contribution in [0.1, 0.15) is 29.8 Å². The van der Waals surface area contributed by atoms with Crippen LogP contribution in [0.3, 0.4) is 0 Å². The molecule has 0 aliphatic heterocycles. The molecule has 0 spiro atoms. The SMILES string of the molecule is Cc1ccc(S(=O)(=O)Nc2ccc(N(C)C)c(C(=O)NCC(C)C)c2)cc1. The van der Waals surface area contributed by atoms with Crippen molar-refractivity contribution in [2.24, 2.45) is 5.92 Å². The molecule has 2 rings (SSSR count). The molecule has 0 saturated carbocycles. The minimum Gasteiger partial charge on any atom is -0.377 e. The number of anilines is 2. The monoisotopic (exact) mass is 389 g/mol. The average molecular weight is 390 g/mol. The first-order valence-electron chi connectivity index (χ1n) is 8.79. The van der Waals surface area contributed by atoms with Gasteiger partial charge in [-0.3, -0.25) is 9.52 Å². The van der Waals surface area contributed by atoms with Crippen molar-refractivity contribution in [2.45, 2.75) is 25.7 Å². The molecule has 6 nitrogen and oxygen atoms in total. The Balaban J connectivity index is 2.33. The van der Waals surface area contributed by atoms with Crippen LogP contribution < -0.4 is 14.9 Å². The van der Waals surface area contributed by atoms with E-state index in [2.05, 4.69) is 10.0 Å². The molecule has 1 amide bonds. The number of carbonyl (C=O) groups excluding carboxylic acids is 1. The van der Waals surface area contributed by atoms with Gasteiger partial charge in [0.15, 0.2) is 0 Å². The number of hydrogen-bond acceptors (Lipinski definition) is 4. The molecule has 0 atom stereocenters. The first kappa shape index (κ1) is 20.8. The van der Waals surface area contributed by atoms with E-state index >= 15 is 0 Å². The second kappa shape index (κ2) is 8.43. The number of benzene rings is 2. The highest BCUT2D eigenvalue weighted by atomic mass is 32.2. The van der Waals surface area contributed by atoms with Crippen molar-refractivity contribution in [3.63, 3.8) is 0 Å². The Bertz CT molecular complexity index is 905. The maximum Gasteiger partial charge on any atom is 0.261 e. The Morgan fingerprint density at radius 3 is 2.26 bits per heavy atom. The molecule has 0 aliphatic carbocycles. The van der Waals surface area contributed by atoms with Gasteiger partial charge in [0.25, 0.3) is 15.9 Å².